The highest BCUT2D eigenvalue weighted by molar-refractivity contribution is 5.95. The van der Waals surface area contributed by atoms with Crippen LogP contribution in [0.5, 0.6) is 0 Å². The molecule has 0 spiro atoms. The van der Waals surface area contributed by atoms with Gasteiger partial charge in [0.25, 0.3) is 5.91 Å². The topological polar surface area (TPSA) is 46.9 Å². The average Bonchev–Trinajstić information content (AvgIpc) is 3.28. The number of benzene rings is 3. The van der Waals surface area contributed by atoms with E-state index in [-0.39, 0.29) is 5.91 Å². The van der Waals surface area contributed by atoms with Gasteiger partial charge in [-0.25, -0.2) is 4.68 Å². The number of nitrogens with zero attached hydrogens (tertiary/aromatic N) is 2. The standard InChI is InChI=1S/C24H21N3O/c28-24(22-13-6-4-11-20(22)17-19-9-2-1-3-10-19)25-18-21-12-5-7-14-23(21)27-16-8-15-26-27/h1-16H,17-18H2,(H,25,28). The Kier molecular flexibility index (Phi) is 5.29. The zero-order chi connectivity index (χ0) is 19.2. The van der Waals surface area contributed by atoms with Crippen LogP contribution in [-0.4, -0.2) is 15.7 Å². The van der Waals surface area contributed by atoms with Crippen LogP contribution in [0.25, 0.3) is 5.69 Å². The number of nitrogens with one attached hydrogen (secondary N) is 1. The lowest BCUT2D eigenvalue weighted by atomic mass is 9.99. The van der Waals surface area contributed by atoms with Gasteiger partial charge in [-0.1, -0.05) is 66.7 Å². The summed E-state index contributed by atoms with van der Waals surface area (Å²) in [7, 11) is 0. The normalized spacial score (nSPS) is 10.6. The summed E-state index contributed by atoms with van der Waals surface area (Å²) in [5.74, 6) is -0.0678. The van der Waals surface area contributed by atoms with Crippen molar-refractivity contribution in [2.24, 2.45) is 0 Å². The minimum absolute atomic E-state index is 0.0678. The van der Waals surface area contributed by atoms with Crippen LogP contribution >= 0.6 is 0 Å². The molecule has 0 radical (unpaired) electrons. The predicted octanol–water partition coefficient (Wildman–Crippen LogP) is 4.39. The summed E-state index contributed by atoms with van der Waals surface area (Å²) in [5, 5.41) is 7.36. The van der Waals surface area contributed by atoms with Crippen LogP contribution in [0.3, 0.4) is 0 Å². The summed E-state index contributed by atoms with van der Waals surface area (Å²) in [6.07, 6.45) is 4.37. The third kappa shape index (κ3) is 4.01. The molecule has 1 heterocycles. The van der Waals surface area contributed by atoms with Crippen molar-refractivity contribution in [2.45, 2.75) is 13.0 Å². The zero-order valence-electron chi connectivity index (χ0n) is 15.5. The number of rotatable bonds is 6. The molecule has 0 saturated heterocycles. The van der Waals surface area contributed by atoms with E-state index in [4.69, 9.17) is 0 Å². The Morgan fingerprint density at radius 2 is 1.54 bits per heavy atom. The number of para-hydroxylation sites is 1. The molecule has 1 amide bonds. The molecular formula is C24H21N3O. The maximum atomic E-state index is 12.9. The molecule has 4 nitrogen and oxygen atoms in total. The lowest BCUT2D eigenvalue weighted by molar-refractivity contribution is 0.0950. The summed E-state index contributed by atoms with van der Waals surface area (Å²) in [5.41, 5.74) is 4.90. The number of hydrogen-bond donors (Lipinski definition) is 1. The summed E-state index contributed by atoms with van der Waals surface area (Å²) in [4.78, 5) is 12.9. The van der Waals surface area contributed by atoms with Gasteiger partial charge in [-0.05, 0) is 41.3 Å². The van der Waals surface area contributed by atoms with Crippen molar-refractivity contribution >= 4 is 5.91 Å². The Morgan fingerprint density at radius 1 is 0.821 bits per heavy atom. The highest BCUT2D eigenvalue weighted by Gasteiger charge is 2.12. The molecule has 3 aromatic carbocycles. The maximum Gasteiger partial charge on any atom is 0.251 e. The summed E-state index contributed by atoms with van der Waals surface area (Å²) < 4.78 is 1.81. The van der Waals surface area contributed by atoms with E-state index in [2.05, 4.69) is 22.5 Å². The number of carbonyl (C=O) groups is 1. The van der Waals surface area contributed by atoms with E-state index < -0.39 is 0 Å². The first-order chi connectivity index (χ1) is 13.8. The molecule has 138 valence electrons. The first-order valence-electron chi connectivity index (χ1n) is 9.29. The second-order valence-corrected chi connectivity index (χ2v) is 6.58. The number of carbonyl (C=O) groups excluding carboxylic acids is 1. The van der Waals surface area contributed by atoms with Gasteiger partial charge in [0, 0.05) is 24.5 Å². The fraction of sp³-hybridized carbons (Fsp3) is 0.0833. The first-order valence-corrected chi connectivity index (χ1v) is 9.29. The molecule has 0 atom stereocenters. The van der Waals surface area contributed by atoms with Gasteiger partial charge in [0.15, 0.2) is 0 Å². The van der Waals surface area contributed by atoms with Gasteiger partial charge in [-0.3, -0.25) is 4.79 Å². The third-order valence-corrected chi connectivity index (χ3v) is 4.68. The van der Waals surface area contributed by atoms with E-state index in [0.717, 1.165) is 23.2 Å². The van der Waals surface area contributed by atoms with Crippen LogP contribution in [0.2, 0.25) is 0 Å². The van der Waals surface area contributed by atoms with E-state index >= 15 is 0 Å². The van der Waals surface area contributed by atoms with Gasteiger partial charge in [-0.2, -0.15) is 5.10 Å². The van der Waals surface area contributed by atoms with E-state index in [1.165, 1.54) is 5.56 Å². The fourth-order valence-electron chi connectivity index (χ4n) is 3.28. The second kappa shape index (κ2) is 8.35. The van der Waals surface area contributed by atoms with Crippen molar-refractivity contribution in [3.8, 4) is 5.69 Å². The van der Waals surface area contributed by atoms with Crippen LogP contribution in [-0.2, 0) is 13.0 Å². The number of hydrogen-bond acceptors (Lipinski definition) is 2. The van der Waals surface area contributed by atoms with Crippen molar-refractivity contribution in [3.63, 3.8) is 0 Å². The summed E-state index contributed by atoms with van der Waals surface area (Å²) >= 11 is 0. The molecule has 0 aliphatic rings. The van der Waals surface area contributed by atoms with Gasteiger partial charge in [0.05, 0.1) is 5.69 Å². The summed E-state index contributed by atoms with van der Waals surface area (Å²) in [6.45, 7) is 0.439. The SMILES string of the molecule is O=C(NCc1ccccc1-n1cccn1)c1ccccc1Cc1ccccc1. The van der Waals surface area contributed by atoms with E-state index in [0.29, 0.717) is 12.1 Å². The molecule has 0 aliphatic carbocycles. The molecule has 1 aromatic heterocycles. The molecule has 0 fully saturated rings. The van der Waals surface area contributed by atoms with Crippen LogP contribution in [0, 0.1) is 0 Å². The predicted molar refractivity (Wildman–Crippen MR) is 110 cm³/mol. The van der Waals surface area contributed by atoms with E-state index in [9.17, 15) is 4.79 Å². The van der Waals surface area contributed by atoms with Crippen LogP contribution in [0.4, 0.5) is 0 Å². The Morgan fingerprint density at radius 3 is 2.32 bits per heavy atom. The largest absolute Gasteiger partial charge is 0.348 e. The first kappa shape index (κ1) is 17.7. The van der Waals surface area contributed by atoms with Crippen molar-refractivity contribution < 1.29 is 4.79 Å². The van der Waals surface area contributed by atoms with E-state index in [1.54, 1.807) is 6.20 Å². The molecule has 28 heavy (non-hydrogen) atoms. The number of aromatic nitrogens is 2. The van der Waals surface area contributed by atoms with Crippen molar-refractivity contribution in [2.75, 3.05) is 0 Å². The average molecular weight is 367 g/mol. The lowest BCUT2D eigenvalue weighted by Gasteiger charge is -2.13. The Bertz CT molecular complexity index is 1060. The van der Waals surface area contributed by atoms with Crippen LogP contribution < -0.4 is 5.32 Å². The van der Waals surface area contributed by atoms with Crippen LogP contribution in [0.15, 0.2) is 97.3 Å². The fourth-order valence-corrected chi connectivity index (χ4v) is 3.28. The zero-order valence-corrected chi connectivity index (χ0v) is 15.5. The molecule has 0 unspecified atom stereocenters. The minimum Gasteiger partial charge on any atom is -0.348 e. The second-order valence-electron chi connectivity index (χ2n) is 6.58. The molecule has 0 saturated carbocycles. The molecule has 0 bridgehead atoms. The highest BCUT2D eigenvalue weighted by atomic mass is 16.1. The minimum atomic E-state index is -0.0678. The van der Waals surface area contributed by atoms with Crippen molar-refractivity contribution in [1.82, 2.24) is 15.1 Å². The Labute approximate surface area is 164 Å². The molecule has 0 aliphatic heterocycles. The number of amides is 1. The summed E-state index contributed by atoms with van der Waals surface area (Å²) in [6, 6.07) is 27.8. The van der Waals surface area contributed by atoms with Gasteiger partial charge < -0.3 is 5.32 Å². The molecular weight excluding hydrogens is 346 g/mol. The molecule has 4 rings (SSSR count). The van der Waals surface area contributed by atoms with Gasteiger partial charge in [0.2, 0.25) is 0 Å². The van der Waals surface area contributed by atoms with Gasteiger partial charge in [-0.15, -0.1) is 0 Å². The van der Waals surface area contributed by atoms with Gasteiger partial charge >= 0.3 is 0 Å². The maximum absolute atomic E-state index is 12.9. The van der Waals surface area contributed by atoms with Crippen molar-refractivity contribution in [1.29, 1.82) is 0 Å². The highest BCUT2D eigenvalue weighted by Crippen LogP contribution is 2.16. The monoisotopic (exact) mass is 367 g/mol. The molecule has 1 N–H and O–H groups in total. The molecule has 4 aromatic rings. The lowest BCUT2D eigenvalue weighted by Crippen LogP contribution is -2.24. The molecule has 4 heteroatoms. The Balaban J connectivity index is 1.51. The Hall–Kier alpha value is -3.66. The quantitative estimate of drug-likeness (QED) is 0.549. The van der Waals surface area contributed by atoms with Gasteiger partial charge in [0.1, 0.15) is 0 Å². The van der Waals surface area contributed by atoms with E-state index in [1.807, 2.05) is 83.7 Å². The van der Waals surface area contributed by atoms with Crippen LogP contribution in [0.1, 0.15) is 27.0 Å². The smallest absolute Gasteiger partial charge is 0.251 e. The van der Waals surface area contributed by atoms with Crippen molar-refractivity contribution in [3.05, 3.63) is 120 Å². The third-order valence-electron chi connectivity index (χ3n) is 4.68.